The van der Waals surface area contributed by atoms with E-state index in [0.29, 0.717) is 18.5 Å². The summed E-state index contributed by atoms with van der Waals surface area (Å²) in [5.74, 6) is -0.556. The summed E-state index contributed by atoms with van der Waals surface area (Å²) in [6, 6.07) is 4.96. The molecule has 1 amide bonds. The molecule has 0 spiro atoms. The van der Waals surface area contributed by atoms with Crippen LogP contribution in [0.4, 0.5) is 15.8 Å². The molecule has 0 aliphatic carbocycles. The molecule has 0 radical (unpaired) electrons. The Bertz CT molecular complexity index is 778. The molecule has 1 N–H and O–H groups in total. The molecule has 3 rings (SSSR count). The summed E-state index contributed by atoms with van der Waals surface area (Å²) >= 11 is 0. The van der Waals surface area contributed by atoms with E-state index in [1.165, 1.54) is 6.07 Å². The molecule has 1 aliphatic heterocycles. The predicted molar refractivity (Wildman–Crippen MR) is 97.5 cm³/mol. The number of anilines is 2. The van der Waals surface area contributed by atoms with Gasteiger partial charge in [-0.1, -0.05) is 6.07 Å². The van der Waals surface area contributed by atoms with Crippen molar-refractivity contribution in [1.82, 2.24) is 9.78 Å². The van der Waals surface area contributed by atoms with Crippen molar-refractivity contribution >= 4 is 17.3 Å². The van der Waals surface area contributed by atoms with Gasteiger partial charge in [-0.05, 0) is 50.8 Å². The van der Waals surface area contributed by atoms with Crippen LogP contribution in [0.2, 0.25) is 0 Å². The van der Waals surface area contributed by atoms with Crippen molar-refractivity contribution in [2.75, 3.05) is 23.3 Å². The van der Waals surface area contributed by atoms with Crippen LogP contribution in [0.1, 0.15) is 36.2 Å². The van der Waals surface area contributed by atoms with E-state index in [9.17, 15) is 9.18 Å². The normalized spacial score (nSPS) is 14.2. The fourth-order valence-corrected chi connectivity index (χ4v) is 3.48. The van der Waals surface area contributed by atoms with Crippen molar-refractivity contribution in [1.29, 1.82) is 0 Å². The SMILES string of the molecule is Cc1nn(C)c(C)c1CCC(=O)Nc1c(F)cccc1N1CCCC1. The fraction of sp³-hybridized carbons (Fsp3) is 0.474. The molecule has 5 nitrogen and oxygen atoms in total. The number of nitrogens with one attached hydrogen (secondary N) is 1. The largest absolute Gasteiger partial charge is 0.370 e. The Morgan fingerprint density at radius 3 is 2.64 bits per heavy atom. The second kappa shape index (κ2) is 7.25. The van der Waals surface area contributed by atoms with Crippen molar-refractivity contribution in [2.45, 2.75) is 39.5 Å². The first-order chi connectivity index (χ1) is 12.0. The molecule has 0 bridgehead atoms. The first kappa shape index (κ1) is 17.5. The van der Waals surface area contributed by atoms with Gasteiger partial charge in [0, 0.05) is 32.3 Å². The van der Waals surface area contributed by atoms with Crippen LogP contribution in [-0.4, -0.2) is 28.8 Å². The molecule has 2 heterocycles. The number of aromatic nitrogens is 2. The summed E-state index contributed by atoms with van der Waals surface area (Å²) < 4.78 is 16.1. The number of rotatable bonds is 5. The van der Waals surface area contributed by atoms with E-state index < -0.39 is 0 Å². The highest BCUT2D eigenvalue weighted by molar-refractivity contribution is 5.94. The number of aryl methyl sites for hydroxylation is 2. The number of carbonyl (C=O) groups excluding carboxylic acids is 1. The molecule has 1 aliphatic rings. The summed E-state index contributed by atoms with van der Waals surface area (Å²) in [5, 5.41) is 7.16. The molecule has 0 unspecified atom stereocenters. The van der Waals surface area contributed by atoms with Crippen molar-refractivity contribution in [3.8, 4) is 0 Å². The number of halogens is 1. The van der Waals surface area contributed by atoms with E-state index >= 15 is 0 Å². The molecule has 134 valence electrons. The first-order valence-electron chi connectivity index (χ1n) is 8.79. The lowest BCUT2D eigenvalue weighted by atomic mass is 10.1. The minimum atomic E-state index is -0.383. The third kappa shape index (κ3) is 3.67. The van der Waals surface area contributed by atoms with Crippen LogP contribution >= 0.6 is 0 Å². The Balaban J connectivity index is 1.70. The highest BCUT2D eigenvalue weighted by Gasteiger charge is 2.20. The Labute approximate surface area is 147 Å². The molecule has 1 fully saturated rings. The van der Waals surface area contributed by atoms with Crippen molar-refractivity contribution in [3.05, 3.63) is 41.0 Å². The molecule has 2 aromatic rings. The van der Waals surface area contributed by atoms with Gasteiger partial charge in [0.15, 0.2) is 0 Å². The van der Waals surface area contributed by atoms with Crippen LogP contribution in [-0.2, 0) is 18.3 Å². The minimum absolute atomic E-state index is 0.173. The number of amides is 1. The summed E-state index contributed by atoms with van der Waals surface area (Å²) in [4.78, 5) is 14.5. The van der Waals surface area contributed by atoms with Crippen LogP contribution in [0.3, 0.4) is 0 Å². The van der Waals surface area contributed by atoms with Gasteiger partial charge in [0.1, 0.15) is 11.5 Å². The molecule has 1 aromatic heterocycles. The van der Waals surface area contributed by atoms with E-state index in [4.69, 9.17) is 0 Å². The lowest BCUT2D eigenvalue weighted by Gasteiger charge is -2.22. The standard InChI is InChI=1S/C19H25FN4O/c1-13-15(14(2)23(3)22-13)9-10-18(25)21-19-16(20)7-6-8-17(19)24-11-4-5-12-24/h6-8H,4-5,9-12H2,1-3H3,(H,21,25). The molecular weight excluding hydrogens is 319 g/mol. The van der Waals surface area contributed by atoms with Gasteiger partial charge in [-0.2, -0.15) is 5.10 Å². The number of para-hydroxylation sites is 1. The molecule has 0 saturated carbocycles. The zero-order valence-electron chi connectivity index (χ0n) is 15.1. The van der Waals surface area contributed by atoms with Crippen LogP contribution in [0.15, 0.2) is 18.2 Å². The zero-order chi connectivity index (χ0) is 18.0. The molecule has 25 heavy (non-hydrogen) atoms. The smallest absolute Gasteiger partial charge is 0.224 e. The van der Waals surface area contributed by atoms with Gasteiger partial charge in [-0.15, -0.1) is 0 Å². The predicted octanol–water partition coefficient (Wildman–Crippen LogP) is 3.35. The molecule has 1 aromatic carbocycles. The Morgan fingerprint density at radius 2 is 2.00 bits per heavy atom. The van der Waals surface area contributed by atoms with Crippen molar-refractivity contribution < 1.29 is 9.18 Å². The van der Waals surface area contributed by atoms with Crippen LogP contribution in [0, 0.1) is 19.7 Å². The highest BCUT2D eigenvalue weighted by atomic mass is 19.1. The fourth-order valence-electron chi connectivity index (χ4n) is 3.48. The Hall–Kier alpha value is -2.37. The van der Waals surface area contributed by atoms with E-state index in [1.54, 1.807) is 6.07 Å². The van der Waals surface area contributed by atoms with Gasteiger partial charge in [-0.25, -0.2) is 4.39 Å². The van der Waals surface area contributed by atoms with E-state index in [2.05, 4.69) is 15.3 Å². The highest BCUT2D eigenvalue weighted by Crippen LogP contribution is 2.31. The Kier molecular flexibility index (Phi) is 5.06. The van der Waals surface area contributed by atoms with E-state index in [1.807, 2.05) is 31.6 Å². The van der Waals surface area contributed by atoms with Crippen LogP contribution < -0.4 is 10.2 Å². The van der Waals surface area contributed by atoms with Crippen molar-refractivity contribution in [2.24, 2.45) is 7.05 Å². The van der Waals surface area contributed by atoms with Gasteiger partial charge in [0.25, 0.3) is 0 Å². The quantitative estimate of drug-likeness (QED) is 0.905. The maximum atomic E-state index is 14.3. The minimum Gasteiger partial charge on any atom is -0.370 e. The van der Waals surface area contributed by atoms with E-state index in [-0.39, 0.29) is 11.7 Å². The number of nitrogens with zero attached hydrogens (tertiary/aromatic N) is 3. The molecular formula is C19H25FN4O. The van der Waals surface area contributed by atoms with Gasteiger partial charge in [-0.3, -0.25) is 9.48 Å². The third-order valence-corrected chi connectivity index (χ3v) is 4.96. The maximum absolute atomic E-state index is 14.3. The summed E-state index contributed by atoms with van der Waals surface area (Å²) in [7, 11) is 1.90. The number of carbonyl (C=O) groups is 1. The summed E-state index contributed by atoms with van der Waals surface area (Å²) in [6.07, 6.45) is 3.11. The average molecular weight is 344 g/mol. The van der Waals surface area contributed by atoms with Crippen LogP contribution in [0.5, 0.6) is 0 Å². The second-order valence-electron chi connectivity index (χ2n) is 6.65. The van der Waals surface area contributed by atoms with Gasteiger partial charge in [0.2, 0.25) is 5.91 Å². The summed E-state index contributed by atoms with van der Waals surface area (Å²) in [6.45, 7) is 5.75. The topological polar surface area (TPSA) is 50.2 Å². The maximum Gasteiger partial charge on any atom is 0.224 e. The monoisotopic (exact) mass is 344 g/mol. The second-order valence-corrected chi connectivity index (χ2v) is 6.65. The number of hydrogen-bond acceptors (Lipinski definition) is 3. The van der Waals surface area contributed by atoms with Crippen LogP contribution in [0.25, 0.3) is 0 Å². The summed E-state index contributed by atoms with van der Waals surface area (Å²) in [5.41, 5.74) is 4.17. The van der Waals surface area contributed by atoms with Gasteiger partial charge >= 0.3 is 0 Å². The molecule has 0 atom stereocenters. The van der Waals surface area contributed by atoms with E-state index in [0.717, 1.165) is 48.6 Å². The number of benzene rings is 1. The van der Waals surface area contributed by atoms with Gasteiger partial charge < -0.3 is 10.2 Å². The lowest BCUT2D eigenvalue weighted by Crippen LogP contribution is -2.22. The molecule has 6 heteroatoms. The Morgan fingerprint density at radius 1 is 1.28 bits per heavy atom. The molecule has 1 saturated heterocycles. The third-order valence-electron chi connectivity index (χ3n) is 4.96. The lowest BCUT2D eigenvalue weighted by molar-refractivity contribution is -0.116. The van der Waals surface area contributed by atoms with Gasteiger partial charge in [0.05, 0.1) is 11.4 Å². The van der Waals surface area contributed by atoms with Crippen molar-refractivity contribution in [3.63, 3.8) is 0 Å². The average Bonchev–Trinajstić information content (AvgIpc) is 3.18. The number of hydrogen-bond donors (Lipinski definition) is 1. The first-order valence-corrected chi connectivity index (χ1v) is 8.79. The zero-order valence-corrected chi connectivity index (χ0v) is 15.1.